The summed E-state index contributed by atoms with van der Waals surface area (Å²) in [4.78, 5) is 4.57. The van der Waals surface area contributed by atoms with Gasteiger partial charge in [-0.1, -0.05) is 0 Å². The lowest BCUT2D eigenvalue weighted by molar-refractivity contribution is 0.145. The van der Waals surface area contributed by atoms with Gasteiger partial charge in [0.25, 0.3) is 0 Å². The number of nitrogens with one attached hydrogen (secondary N) is 2. The molecule has 0 atom stereocenters. The van der Waals surface area contributed by atoms with E-state index in [0.29, 0.717) is 6.54 Å². The second kappa shape index (κ2) is 11.9. The Balaban J connectivity index is 0.00000400. The third-order valence-corrected chi connectivity index (χ3v) is 2.86. The van der Waals surface area contributed by atoms with E-state index in [2.05, 4.69) is 22.5 Å². The van der Waals surface area contributed by atoms with Crippen molar-refractivity contribution in [2.24, 2.45) is 4.99 Å². The van der Waals surface area contributed by atoms with Gasteiger partial charge in [-0.2, -0.15) is 0 Å². The van der Waals surface area contributed by atoms with Gasteiger partial charge < -0.3 is 19.8 Å². The molecule has 1 rings (SSSR count). The van der Waals surface area contributed by atoms with E-state index in [4.69, 9.17) is 9.15 Å². The fourth-order valence-corrected chi connectivity index (χ4v) is 1.87. The van der Waals surface area contributed by atoms with Crippen LogP contribution in [0.5, 0.6) is 0 Å². The monoisotopic (exact) mass is 409 g/mol. The van der Waals surface area contributed by atoms with Crippen LogP contribution in [0.15, 0.2) is 15.5 Å². The molecule has 0 unspecified atom stereocenters. The summed E-state index contributed by atoms with van der Waals surface area (Å²) in [7, 11) is 0. The molecular weight excluding hydrogens is 381 g/mol. The van der Waals surface area contributed by atoms with Crippen molar-refractivity contribution in [1.82, 2.24) is 10.6 Å². The highest BCUT2D eigenvalue weighted by atomic mass is 127. The van der Waals surface area contributed by atoms with Crippen LogP contribution in [0.4, 0.5) is 0 Å². The van der Waals surface area contributed by atoms with E-state index in [9.17, 15) is 0 Å². The predicted octanol–water partition coefficient (Wildman–Crippen LogP) is 3.00. The van der Waals surface area contributed by atoms with Gasteiger partial charge in [0, 0.05) is 31.9 Å². The third-order valence-electron chi connectivity index (χ3n) is 2.86. The standard InChI is InChI=1S/C15H27N3O2.HI/c1-5-16-15(17-8-7-9-19-6-2)18-11-14-10-12(3)20-13(14)4;/h10H,5-9,11H2,1-4H3,(H2,16,17,18);1H. The summed E-state index contributed by atoms with van der Waals surface area (Å²) in [6.45, 7) is 11.9. The van der Waals surface area contributed by atoms with Gasteiger partial charge in [0.15, 0.2) is 5.96 Å². The number of aliphatic imine (C=N–C) groups is 1. The average Bonchev–Trinajstić information content (AvgIpc) is 2.74. The topological polar surface area (TPSA) is 58.8 Å². The molecule has 0 aliphatic carbocycles. The van der Waals surface area contributed by atoms with Gasteiger partial charge in [0.05, 0.1) is 6.54 Å². The summed E-state index contributed by atoms with van der Waals surface area (Å²) in [5, 5.41) is 6.54. The van der Waals surface area contributed by atoms with Gasteiger partial charge in [0.1, 0.15) is 11.5 Å². The van der Waals surface area contributed by atoms with Gasteiger partial charge >= 0.3 is 0 Å². The summed E-state index contributed by atoms with van der Waals surface area (Å²) in [5.41, 5.74) is 1.13. The second-order valence-electron chi connectivity index (χ2n) is 4.61. The van der Waals surface area contributed by atoms with Gasteiger partial charge in [-0.3, -0.25) is 0 Å². The molecule has 0 saturated carbocycles. The van der Waals surface area contributed by atoms with Gasteiger partial charge in [-0.05, 0) is 40.2 Å². The third kappa shape index (κ3) is 8.31. The molecule has 122 valence electrons. The molecule has 0 fully saturated rings. The molecule has 0 spiro atoms. The summed E-state index contributed by atoms with van der Waals surface area (Å²) < 4.78 is 10.8. The zero-order chi connectivity index (χ0) is 14.8. The molecule has 2 N–H and O–H groups in total. The molecule has 0 radical (unpaired) electrons. The zero-order valence-electron chi connectivity index (χ0n) is 13.5. The Bertz CT molecular complexity index is 419. The number of nitrogens with zero attached hydrogens (tertiary/aromatic N) is 1. The molecule has 0 aliphatic heterocycles. The first-order valence-corrected chi connectivity index (χ1v) is 7.33. The quantitative estimate of drug-likeness (QED) is 0.300. The van der Waals surface area contributed by atoms with Crippen molar-refractivity contribution in [2.45, 2.75) is 40.7 Å². The predicted molar refractivity (Wildman–Crippen MR) is 97.5 cm³/mol. The highest BCUT2D eigenvalue weighted by molar-refractivity contribution is 14.0. The van der Waals surface area contributed by atoms with E-state index in [0.717, 1.165) is 55.8 Å². The fraction of sp³-hybridized carbons (Fsp3) is 0.667. The molecule has 0 aromatic carbocycles. The van der Waals surface area contributed by atoms with Gasteiger partial charge in [0.2, 0.25) is 0 Å². The Kier molecular flexibility index (Phi) is 11.4. The molecule has 0 aliphatic rings. The van der Waals surface area contributed by atoms with Crippen LogP contribution in [-0.4, -0.2) is 32.3 Å². The lowest BCUT2D eigenvalue weighted by atomic mass is 10.2. The molecule has 21 heavy (non-hydrogen) atoms. The lowest BCUT2D eigenvalue weighted by Crippen LogP contribution is -2.38. The fourth-order valence-electron chi connectivity index (χ4n) is 1.87. The molecule has 1 aromatic heterocycles. The van der Waals surface area contributed by atoms with Crippen molar-refractivity contribution in [3.8, 4) is 0 Å². The number of ether oxygens (including phenoxy) is 1. The van der Waals surface area contributed by atoms with E-state index in [1.165, 1.54) is 0 Å². The second-order valence-corrected chi connectivity index (χ2v) is 4.61. The Morgan fingerprint density at radius 3 is 2.62 bits per heavy atom. The average molecular weight is 409 g/mol. The largest absolute Gasteiger partial charge is 0.466 e. The lowest BCUT2D eigenvalue weighted by Gasteiger charge is -2.11. The van der Waals surface area contributed by atoms with Gasteiger partial charge in [-0.15, -0.1) is 24.0 Å². The van der Waals surface area contributed by atoms with E-state index in [1.54, 1.807) is 0 Å². The summed E-state index contributed by atoms with van der Waals surface area (Å²) >= 11 is 0. The van der Waals surface area contributed by atoms with Crippen molar-refractivity contribution in [3.05, 3.63) is 23.2 Å². The van der Waals surface area contributed by atoms with Crippen molar-refractivity contribution in [3.63, 3.8) is 0 Å². The number of hydrogen-bond donors (Lipinski definition) is 2. The summed E-state index contributed by atoms with van der Waals surface area (Å²) in [6, 6.07) is 2.04. The summed E-state index contributed by atoms with van der Waals surface area (Å²) in [5.74, 6) is 2.71. The van der Waals surface area contributed by atoms with Crippen LogP contribution in [0.25, 0.3) is 0 Å². The van der Waals surface area contributed by atoms with Crippen LogP contribution in [-0.2, 0) is 11.3 Å². The highest BCUT2D eigenvalue weighted by Crippen LogP contribution is 2.14. The Morgan fingerprint density at radius 1 is 1.29 bits per heavy atom. The molecule has 0 amide bonds. The first-order chi connectivity index (χ1) is 9.67. The number of guanidine groups is 1. The normalized spacial score (nSPS) is 11.1. The van der Waals surface area contributed by atoms with Gasteiger partial charge in [-0.25, -0.2) is 4.99 Å². The number of hydrogen-bond acceptors (Lipinski definition) is 3. The first kappa shape index (κ1) is 20.2. The van der Waals surface area contributed by atoms with Crippen LogP contribution in [0.2, 0.25) is 0 Å². The number of rotatable bonds is 8. The minimum absolute atomic E-state index is 0. The Morgan fingerprint density at radius 2 is 2.05 bits per heavy atom. The summed E-state index contributed by atoms with van der Waals surface area (Å²) in [6.07, 6.45) is 0.974. The molecule has 1 aromatic rings. The minimum atomic E-state index is 0. The van der Waals surface area contributed by atoms with E-state index < -0.39 is 0 Å². The molecular formula is C15H28IN3O2. The Labute approximate surface area is 144 Å². The van der Waals surface area contributed by atoms with Crippen molar-refractivity contribution >= 4 is 29.9 Å². The molecule has 0 saturated heterocycles. The molecule has 6 heteroatoms. The number of furan rings is 1. The minimum Gasteiger partial charge on any atom is -0.466 e. The maximum absolute atomic E-state index is 5.51. The van der Waals surface area contributed by atoms with Crippen LogP contribution in [0.1, 0.15) is 37.4 Å². The smallest absolute Gasteiger partial charge is 0.191 e. The maximum atomic E-state index is 5.51. The first-order valence-electron chi connectivity index (χ1n) is 7.33. The van der Waals surface area contributed by atoms with Crippen LogP contribution >= 0.6 is 24.0 Å². The van der Waals surface area contributed by atoms with E-state index >= 15 is 0 Å². The highest BCUT2D eigenvalue weighted by Gasteiger charge is 2.04. The van der Waals surface area contributed by atoms with E-state index in [1.807, 2.05) is 26.8 Å². The van der Waals surface area contributed by atoms with Crippen molar-refractivity contribution < 1.29 is 9.15 Å². The maximum Gasteiger partial charge on any atom is 0.191 e. The van der Waals surface area contributed by atoms with Crippen molar-refractivity contribution in [1.29, 1.82) is 0 Å². The number of aryl methyl sites for hydroxylation is 2. The number of halogens is 1. The molecule has 0 bridgehead atoms. The zero-order valence-corrected chi connectivity index (χ0v) is 15.8. The van der Waals surface area contributed by atoms with E-state index in [-0.39, 0.29) is 24.0 Å². The van der Waals surface area contributed by atoms with Crippen LogP contribution < -0.4 is 10.6 Å². The van der Waals surface area contributed by atoms with Crippen LogP contribution in [0, 0.1) is 13.8 Å². The molecule has 5 nitrogen and oxygen atoms in total. The SMILES string of the molecule is CCNC(=NCc1cc(C)oc1C)NCCCOCC.I. The molecule has 1 heterocycles. The van der Waals surface area contributed by atoms with Crippen LogP contribution in [0.3, 0.4) is 0 Å². The Hall–Kier alpha value is -0.760. The van der Waals surface area contributed by atoms with Crippen molar-refractivity contribution in [2.75, 3.05) is 26.3 Å².